The first-order valence-electron chi connectivity index (χ1n) is 5.59. The van der Waals surface area contributed by atoms with E-state index >= 15 is 0 Å². The van der Waals surface area contributed by atoms with Gasteiger partial charge in [-0.15, -0.1) is 0 Å². The van der Waals surface area contributed by atoms with Crippen molar-refractivity contribution in [3.63, 3.8) is 0 Å². The van der Waals surface area contributed by atoms with Crippen molar-refractivity contribution in [2.45, 2.75) is 34.6 Å². The van der Waals surface area contributed by atoms with Crippen molar-refractivity contribution in [1.29, 1.82) is 0 Å². The molecule has 0 unspecified atom stereocenters. The van der Waals surface area contributed by atoms with Gasteiger partial charge in [0.15, 0.2) is 0 Å². The number of aliphatic imine (C=N–C) groups is 1. The lowest BCUT2D eigenvalue weighted by Gasteiger charge is -2.11. The SMILES string of the molecule is C=CN=C/C(=C/C(=C(C)C)C(C)C)C(=C)C. The molecule has 16 heavy (non-hydrogen) atoms. The minimum Gasteiger partial charge on any atom is -0.265 e. The fraction of sp³-hybridized carbons (Fsp3) is 0.400. The largest absolute Gasteiger partial charge is 0.265 e. The maximum Gasteiger partial charge on any atom is 0.0342 e. The number of hydrogen-bond donors (Lipinski definition) is 0. The zero-order valence-corrected chi connectivity index (χ0v) is 11.2. The Morgan fingerprint density at radius 1 is 1.19 bits per heavy atom. The molecule has 0 spiro atoms. The van der Waals surface area contributed by atoms with Gasteiger partial charge in [0.1, 0.15) is 0 Å². The van der Waals surface area contributed by atoms with E-state index in [1.807, 2.05) is 6.92 Å². The van der Waals surface area contributed by atoms with E-state index in [1.54, 1.807) is 6.21 Å². The van der Waals surface area contributed by atoms with Crippen LogP contribution in [0.2, 0.25) is 0 Å². The van der Waals surface area contributed by atoms with Crippen molar-refractivity contribution in [2.75, 3.05) is 0 Å². The number of hydrogen-bond acceptors (Lipinski definition) is 1. The average Bonchev–Trinajstić information content (AvgIpc) is 2.16. The molecule has 0 aromatic heterocycles. The fourth-order valence-corrected chi connectivity index (χ4v) is 1.46. The van der Waals surface area contributed by atoms with Gasteiger partial charge < -0.3 is 0 Å². The van der Waals surface area contributed by atoms with Crippen LogP contribution in [0.25, 0.3) is 0 Å². The molecule has 1 nitrogen and oxygen atoms in total. The van der Waals surface area contributed by atoms with Crippen LogP contribution >= 0.6 is 0 Å². The molecule has 0 aromatic rings. The molecule has 0 radical (unpaired) electrons. The number of allylic oxidation sites excluding steroid dienone is 5. The highest BCUT2D eigenvalue weighted by molar-refractivity contribution is 5.85. The van der Waals surface area contributed by atoms with E-state index in [0.717, 1.165) is 11.1 Å². The molecule has 0 bridgehead atoms. The quantitative estimate of drug-likeness (QED) is 0.467. The summed E-state index contributed by atoms with van der Waals surface area (Å²) < 4.78 is 0. The molecule has 0 saturated carbocycles. The normalized spacial score (nSPS) is 12.0. The van der Waals surface area contributed by atoms with E-state index in [4.69, 9.17) is 0 Å². The molecule has 0 fully saturated rings. The van der Waals surface area contributed by atoms with Gasteiger partial charge >= 0.3 is 0 Å². The molecule has 0 heterocycles. The van der Waals surface area contributed by atoms with Gasteiger partial charge in [0, 0.05) is 12.4 Å². The topological polar surface area (TPSA) is 12.4 Å². The molecule has 0 aromatic carbocycles. The molecule has 88 valence electrons. The highest BCUT2D eigenvalue weighted by atomic mass is 14.7. The monoisotopic (exact) mass is 217 g/mol. The van der Waals surface area contributed by atoms with Crippen LogP contribution in [-0.4, -0.2) is 6.21 Å². The smallest absolute Gasteiger partial charge is 0.0342 e. The first-order valence-corrected chi connectivity index (χ1v) is 5.59. The van der Waals surface area contributed by atoms with Gasteiger partial charge in [-0.1, -0.05) is 32.6 Å². The predicted molar refractivity (Wildman–Crippen MR) is 74.8 cm³/mol. The van der Waals surface area contributed by atoms with Crippen LogP contribution in [0.5, 0.6) is 0 Å². The van der Waals surface area contributed by atoms with Gasteiger partial charge in [-0.3, -0.25) is 4.99 Å². The molecule has 0 saturated heterocycles. The van der Waals surface area contributed by atoms with E-state index in [0.29, 0.717) is 5.92 Å². The summed E-state index contributed by atoms with van der Waals surface area (Å²) in [6, 6.07) is 0. The first-order chi connectivity index (χ1) is 7.40. The van der Waals surface area contributed by atoms with E-state index in [9.17, 15) is 0 Å². The molecule has 1 heteroatoms. The lowest BCUT2D eigenvalue weighted by atomic mass is 9.95. The summed E-state index contributed by atoms with van der Waals surface area (Å²) in [5.74, 6) is 0.511. The zero-order chi connectivity index (χ0) is 12.7. The minimum atomic E-state index is 0.511. The Kier molecular flexibility index (Phi) is 6.40. The van der Waals surface area contributed by atoms with Crippen molar-refractivity contribution >= 4 is 6.21 Å². The van der Waals surface area contributed by atoms with Crippen molar-refractivity contribution in [3.8, 4) is 0 Å². The first kappa shape index (κ1) is 14.6. The number of nitrogens with zero attached hydrogens (tertiary/aromatic N) is 1. The third kappa shape index (κ3) is 4.92. The predicted octanol–water partition coefficient (Wildman–Crippen LogP) is 4.70. The summed E-state index contributed by atoms with van der Waals surface area (Å²) in [5, 5.41) is 0. The van der Waals surface area contributed by atoms with E-state index in [1.165, 1.54) is 17.3 Å². The molecule has 0 aliphatic carbocycles. The average molecular weight is 217 g/mol. The highest BCUT2D eigenvalue weighted by Crippen LogP contribution is 2.19. The fourth-order valence-electron chi connectivity index (χ4n) is 1.46. The Labute approximate surface area is 100.0 Å². The molecule has 0 atom stereocenters. The zero-order valence-electron chi connectivity index (χ0n) is 11.2. The van der Waals surface area contributed by atoms with Crippen molar-refractivity contribution < 1.29 is 0 Å². The van der Waals surface area contributed by atoms with Gasteiger partial charge in [-0.2, -0.15) is 0 Å². The van der Waals surface area contributed by atoms with Crippen LogP contribution in [0.15, 0.2) is 52.7 Å². The van der Waals surface area contributed by atoms with Gasteiger partial charge in [0.05, 0.1) is 0 Å². The summed E-state index contributed by atoms with van der Waals surface area (Å²) in [6.45, 7) is 18.2. The summed E-state index contributed by atoms with van der Waals surface area (Å²) >= 11 is 0. The number of rotatable bonds is 5. The van der Waals surface area contributed by atoms with E-state index in [-0.39, 0.29) is 0 Å². The van der Waals surface area contributed by atoms with Crippen LogP contribution in [0.1, 0.15) is 34.6 Å². The van der Waals surface area contributed by atoms with Crippen molar-refractivity contribution in [1.82, 2.24) is 0 Å². The molecule has 0 aliphatic heterocycles. The highest BCUT2D eigenvalue weighted by Gasteiger charge is 2.04. The Morgan fingerprint density at radius 2 is 1.75 bits per heavy atom. The molecular weight excluding hydrogens is 194 g/mol. The van der Waals surface area contributed by atoms with Crippen molar-refractivity contribution in [2.24, 2.45) is 10.9 Å². The Hall–Kier alpha value is -1.37. The summed E-state index contributed by atoms with van der Waals surface area (Å²) in [6.07, 6.45) is 5.50. The van der Waals surface area contributed by atoms with Crippen molar-refractivity contribution in [3.05, 3.63) is 47.7 Å². The second-order valence-electron chi connectivity index (χ2n) is 4.45. The molecule has 0 amide bonds. The second-order valence-corrected chi connectivity index (χ2v) is 4.45. The maximum atomic E-state index is 4.05. The molecule has 0 aliphatic rings. The second kappa shape index (κ2) is 7.00. The maximum absolute atomic E-state index is 4.05. The lowest BCUT2D eigenvalue weighted by Crippen LogP contribution is -1.97. The summed E-state index contributed by atoms with van der Waals surface area (Å²) in [7, 11) is 0. The third-order valence-electron chi connectivity index (χ3n) is 2.32. The molecule has 0 rings (SSSR count). The Morgan fingerprint density at radius 3 is 2.06 bits per heavy atom. The Balaban J connectivity index is 5.34. The van der Waals surface area contributed by atoms with Crippen LogP contribution in [0, 0.1) is 5.92 Å². The van der Waals surface area contributed by atoms with Crippen LogP contribution < -0.4 is 0 Å². The van der Waals surface area contributed by atoms with Crippen LogP contribution in [0.3, 0.4) is 0 Å². The van der Waals surface area contributed by atoms with Crippen LogP contribution in [-0.2, 0) is 0 Å². The third-order valence-corrected chi connectivity index (χ3v) is 2.32. The van der Waals surface area contributed by atoms with Gasteiger partial charge in [-0.25, -0.2) is 0 Å². The minimum absolute atomic E-state index is 0.511. The van der Waals surface area contributed by atoms with Crippen LogP contribution in [0.4, 0.5) is 0 Å². The van der Waals surface area contributed by atoms with Gasteiger partial charge in [-0.05, 0) is 49.5 Å². The van der Waals surface area contributed by atoms with E-state index < -0.39 is 0 Å². The van der Waals surface area contributed by atoms with E-state index in [2.05, 4.69) is 51.9 Å². The molecular formula is C15H23N. The summed E-state index contributed by atoms with van der Waals surface area (Å²) in [4.78, 5) is 4.05. The summed E-state index contributed by atoms with van der Waals surface area (Å²) in [5.41, 5.74) is 4.75. The van der Waals surface area contributed by atoms with Gasteiger partial charge in [0.25, 0.3) is 0 Å². The van der Waals surface area contributed by atoms with Gasteiger partial charge in [0.2, 0.25) is 0 Å². The Bertz CT molecular complexity index is 348. The lowest BCUT2D eigenvalue weighted by molar-refractivity contribution is 0.779. The standard InChI is InChI=1S/C15H23N/c1-8-16-10-14(11(2)3)9-15(12(4)5)13(6)7/h8-10,12H,1-2H2,3-7H3/b14-9-,16-10?. The molecule has 0 N–H and O–H groups in total.